The third kappa shape index (κ3) is 4.06. The molecule has 0 atom stereocenters. The number of ketones is 1. The topological polar surface area (TPSA) is 17.1 Å². The first-order valence-electron chi connectivity index (χ1n) is 6.88. The van der Waals surface area contributed by atoms with Gasteiger partial charge in [-0.25, -0.2) is 0 Å². The molecule has 2 rings (SSSR count). The summed E-state index contributed by atoms with van der Waals surface area (Å²) in [5.74, 6) is 0.252. The van der Waals surface area contributed by atoms with Crippen LogP contribution in [0, 0.1) is 5.92 Å². The lowest BCUT2D eigenvalue weighted by Gasteiger charge is -2.06. The number of Topliss-reactive ketones (excluding diaryl/α,β-unsaturated/α-hetero) is 1. The fourth-order valence-corrected chi connectivity index (χ4v) is 1.79. The van der Waals surface area contributed by atoms with Crippen molar-refractivity contribution in [3.8, 4) is 11.1 Å². The van der Waals surface area contributed by atoms with E-state index in [1.807, 2.05) is 70.2 Å². The van der Waals surface area contributed by atoms with Crippen molar-refractivity contribution in [3.63, 3.8) is 0 Å². The number of benzene rings is 2. The summed E-state index contributed by atoms with van der Waals surface area (Å²) >= 11 is 0. The Balaban J connectivity index is 0.000000861. The van der Waals surface area contributed by atoms with E-state index in [0.29, 0.717) is 0 Å². The molecule has 0 N–H and O–H groups in total. The van der Waals surface area contributed by atoms with Crippen molar-refractivity contribution >= 4 is 5.78 Å². The molecule has 100 valence electrons. The van der Waals surface area contributed by atoms with Gasteiger partial charge in [0.25, 0.3) is 0 Å². The van der Waals surface area contributed by atoms with Gasteiger partial charge in [-0.1, -0.05) is 82.3 Å². The van der Waals surface area contributed by atoms with Gasteiger partial charge < -0.3 is 0 Å². The molecule has 0 radical (unpaired) electrons. The summed E-state index contributed by atoms with van der Waals surface area (Å²) in [6, 6.07) is 18.0. The molecular weight excluding hydrogens is 232 g/mol. The van der Waals surface area contributed by atoms with Crippen LogP contribution in [0.15, 0.2) is 54.6 Å². The predicted octanol–water partition coefficient (Wildman–Crippen LogP) is 5.22. The Kier molecular flexibility index (Phi) is 6.01. The van der Waals surface area contributed by atoms with E-state index in [2.05, 4.69) is 12.1 Å². The maximum atomic E-state index is 11.8. The Morgan fingerprint density at radius 2 is 1.26 bits per heavy atom. The van der Waals surface area contributed by atoms with Crippen molar-refractivity contribution in [2.24, 2.45) is 5.92 Å². The van der Waals surface area contributed by atoms with Crippen molar-refractivity contribution < 1.29 is 4.79 Å². The van der Waals surface area contributed by atoms with Gasteiger partial charge >= 0.3 is 0 Å². The Morgan fingerprint density at radius 1 is 0.789 bits per heavy atom. The smallest absolute Gasteiger partial charge is 0.165 e. The minimum absolute atomic E-state index is 0.0533. The van der Waals surface area contributed by atoms with Crippen LogP contribution in [-0.2, 0) is 0 Å². The summed E-state index contributed by atoms with van der Waals surface area (Å²) in [5.41, 5.74) is 3.11. The molecule has 0 spiro atoms. The van der Waals surface area contributed by atoms with Crippen molar-refractivity contribution in [2.45, 2.75) is 27.7 Å². The Labute approximate surface area is 116 Å². The van der Waals surface area contributed by atoms with Gasteiger partial charge in [0.2, 0.25) is 0 Å². The van der Waals surface area contributed by atoms with Gasteiger partial charge in [0, 0.05) is 11.5 Å². The molecule has 1 heteroatoms. The lowest BCUT2D eigenvalue weighted by atomic mass is 9.98. The number of rotatable bonds is 3. The van der Waals surface area contributed by atoms with Crippen LogP contribution in [0.2, 0.25) is 0 Å². The quantitative estimate of drug-likeness (QED) is 0.686. The zero-order valence-electron chi connectivity index (χ0n) is 12.2. The summed E-state index contributed by atoms with van der Waals surface area (Å²) in [6.45, 7) is 7.85. The normalized spacial score (nSPS) is 9.74. The second kappa shape index (κ2) is 7.52. The molecule has 2 aromatic rings. The summed E-state index contributed by atoms with van der Waals surface area (Å²) in [4.78, 5) is 11.8. The molecule has 0 aliphatic carbocycles. The molecule has 0 amide bonds. The van der Waals surface area contributed by atoms with E-state index in [1.54, 1.807) is 0 Å². The second-order valence-electron chi connectivity index (χ2n) is 4.46. The van der Waals surface area contributed by atoms with E-state index in [-0.39, 0.29) is 11.7 Å². The summed E-state index contributed by atoms with van der Waals surface area (Å²) in [6.07, 6.45) is 0. The first-order valence-corrected chi connectivity index (χ1v) is 6.88. The fourth-order valence-electron chi connectivity index (χ4n) is 1.79. The van der Waals surface area contributed by atoms with Crippen molar-refractivity contribution in [3.05, 3.63) is 60.2 Å². The molecule has 0 aliphatic heterocycles. The van der Waals surface area contributed by atoms with E-state index in [0.717, 1.165) is 11.1 Å². The minimum Gasteiger partial charge on any atom is -0.294 e. The van der Waals surface area contributed by atoms with Crippen molar-refractivity contribution in [1.82, 2.24) is 0 Å². The second-order valence-corrected chi connectivity index (χ2v) is 4.46. The lowest BCUT2D eigenvalue weighted by molar-refractivity contribution is 0.0939. The fraction of sp³-hybridized carbons (Fsp3) is 0.278. The average molecular weight is 254 g/mol. The molecular formula is C18H22O. The monoisotopic (exact) mass is 254 g/mol. The van der Waals surface area contributed by atoms with Crippen LogP contribution >= 0.6 is 0 Å². The van der Waals surface area contributed by atoms with Crippen LogP contribution in [0.25, 0.3) is 11.1 Å². The summed E-state index contributed by atoms with van der Waals surface area (Å²) in [5, 5.41) is 0. The van der Waals surface area contributed by atoms with Crippen LogP contribution in [0.1, 0.15) is 38.1 Å². The number of hydrogen-bond acceptors (Lipinski definition) is 1. The van der Waals surface area contributed by atoms with Gasteiger partial charge in [-0.05, 0) is 11.1 Å². The number of hydrogen-bond donors (Lipinski definition) is 0. The van der Waals surface area contributed by atoms with E-state index in [9.17, 15) is 4.79 Å². The molecule has 0 heterocycles. The first kappa shape index (κ1) is 15.2. The molecule has 2 aromatic carbocycles. The van der Waals surface area contributed by atoms with Gasteiger partial charge in [-0.15, -0.1) is 0 Å². The zero-order valence-corrected chi connectivity index (χ0v) is 12.2. The van der Waals surface area contributed by atoms with Crippen LogP contribution in [0.3, 0.4) is 0 Å². The highest BCUT2D eigenvalue weighted by Crippen LogP contribution is 2.20. The van der Waals surface area contributed by atoms with Gasteiger partial charge in [-0.2, -0.15) is 0 Å². The minimum atomic E-state index is 0.0533. The standard InChI is InChI=1S/C16H16O.C2H6/c1-12(2)16(17)15-10-8-14(9-11-15)13-6-4-3-5-7-13;1-2/h3-12H,1-2H3;1-2H3. The zero-order chi connectivity index (χ0) is 14.3. The van der Waals surface area contributed by atoms with Crippen LogP contribution in [0.4, 0.5) is 0 Å². The molecule has 1 nitrogen and oxygen atoms in total. The molecule has 0 aliphatic rings. The molecule has 0 aromatic heterocycles. The van der Waals surface area contributed by atoms with E-state index >= 15 is 0 Å². The number of carbonyl (C=O) groups is 1. The van der Waals surface area contributed by atoms with E-state index in [4.69, 9.17) is 0 Å². The van der Waals surface area contributed by atoms with Gasteiger partial charge in [0.15, 0.2) is 5.78 Å². The maximum Gasteiger partial charge on any atom is 0.165 e. The van der Waals surface area contributed by atoms with Crippen molar-refractivity contribution in [2.75, 3.05) is 0 Å². The predicted molar refractivity (Wildman–Crippen MR) is 82.4 cm³/mol. The lowest BCUT2D eigenvalue weighted by Crippen LogP contribution is -2.06. The SMILES string of the molecule is CC.CC(C)C(=O)c1ccc(-c2ccccc2)cc1. The van der Waals surface area contributed by atoms with E-state index < -0.39 is 0 Å². The largest absolute Gasteiger partial charge is 0.294 e. The third-order valence-corrected chi connectivity index (χ3v) is 2.80. The van der Waals surface area contributed by atoms with Crippen LogP contribution < -0.4 is 0 Å². The molecule has 0 saturated carbocycles. The average Bonchev–Trinajstić information content (AvgIpc) is 2.49. The Hall–Kier alpha value is -1.89. The highest BCUT2D eigenvalue weighted by molar-refractivity contribution is 5.97. The van der Waals surface area contributed by atoms with Gasteiger partial charge in [0.05, 0.1) is 0 Å². The van der Waals surface area contributed by atoms with E-state index in [1.165, 1.54) is 5.56 Å². The van der Waals surface area contributed by atoms with Crippen molar-refractivity contribution in [1.29, 1.82) is 0 Å². The van der Waals surface area contributed by atoms with Gasteiger partial charge in [0.1, 0.15) is 0 Å². The maximum absolute atomic E-state index is 11.8. The summed E-state index contributed by atoms with van der Waals surface area (Å²) < 4.78 is 0. The molecule has 0 unspecified atom stereocenters. The highest BCUT2D eigenvalue weighted by Gasteiger charge is 2.09. The molecule has 19 heavy (non-hydrogen) atoms. The van der Waals surface area contributed by atoms with Gasteiger partial charge in [-0.3, -0.25) is 4.79 Å². The summed E-state index contributed by atoms with van der Waals surface area (Å²) in [7, 11) is 0. The Morgan fingerprint density at radius 3 is 1.74 bits per heavy atom. The number of carbonyl (C=O) groups excluding carboxylic acids is 1. The first-order chi connectivity index (χ1) is 9.18. The molecule has 0 fully saturated rings. The van der Waals surface area contributed by atoms with Crippen LogP contribution in [0.5, 0.6) is 0 Å². The van der Waals surface area contributed by atoms with Crippen LogP contribution in [-0.4, -0.2) is 5.78 Å². The Bertz CT molecular complexity index is 495. The molecule has 0 bridgehead atoms. The third-order valence-electron chi connectivity index (χ3n) is 2.80. The highest BCUT2D eigenvalue weighted by atomic mass is 16.1. The molecule has 0 saturated heterocycles.